The Bertz CT molecular complexity index is 717. The number of carbonyl (C=O) groups is 2. The monoisotopic (exact) mass is 361 g/mol. The van der Waals surface area contributed by atoms with Gasteiger partial charge in [-0.05, 0) is 50.3 Å². The van der Waals surface area contributed by atoms with Gasteiger partial charge < -0.3 is 14.8 Å². The summed E-state index contributed by atoms with van der Waals surface area (Å²) in [5.41, 5.74) is 3.07. The van der Waals surface area contributed by atoms with E-state index >= 15 is 0 Å². The number of amides is 1. The SMILES string of the molecule is Cc1cc(C)c(OCC(=O)OCC(=O)N[C@H](C)c2cccs2)c(C)c1. The van der Waals surface area contributed by atoms with Crippen LogP contribution in [0.25, 0.3) is 0 Å². The standard InChI is InChI=1S/C19H23NO4S/c1-12-8-13(2)19(14(3)9-12)24-11-18(22)23-10-17(21)20-15(4)16-6-5-7-25-16/h5-9,15H,10-11H2,1-4H3,(H,20,21)/t15-/m1/s1. The zero-order valence-electron chi connectivity index (χ0n) is 14.9. The van der Waals surface area contributed by atoms with Crippen LogP contribution in [0.3, 0.4) is 0 Å². The summed E-state index contributed by atoms with van der Waals surface area (Å²) < 4.78 is 10.5. The van der Waals surface area contributed by atoms with E-state index in [1.165, 1.54) is 0 Å². The molecule has 1 aromatic heterocycles. The van der Waals surface area contributed by atoms with Crippen LogP contribution in [0.2, 0.25) is 0 Å². The van der Waals surface area contributed by atoms with Crippen molar-refractivity contribution in [1.29, 1.82) is 0 Å². The van der Waals surface area contributed by atoms with Crippen molar-refractivity contribution in [3.05, 3.63) is 51.2 Å². The lowest BCUT2D eigenvalue weighted by Gasteiger charge is -2.14. The van der Waals surface area contributed by atoms with Crippen LogP contribution < -0.4 is 10.1 Å². The Morgan fingerprint density at radius 1 is 1.16 bits per heavy atom. The maximum Gasteiger partial charge on any atom is 0.344 e. The highest BCUT2D eigenvalue weighted by Crippen LogP contribution is 2.24. The van der Waals surface area contributed by atoms with Gasteiger partial charge in [0.2, 0.25) is 0 Å². The van der Waals surface area contributed by atoms with Crippen LogP contribution >= 0.6 is 11.3 Å². The molecule has 2 aromatic rings. The van der Waals surface area contributed by atoms with Crippen molar-refractivity contribution in [1.82, 2.24) is 5.32 Å². The molecule has 0 radical (unpaired) electrons. The van der Waals surface area contributed by atoms with E-state index in [-0.39, 0.29) is 25.2 Å². The molecule has 0 saturated heterocycles. The van der Waals surface area contributed by atoms with Crippen molar-refractivity contribution < 1.29 is 19.1 Å². The van der Waals surface area contributed by atoms with Crippen molar-refractivity contribution in [2.24, 2.45) is 0 Å². The summed E-state index contributed by atoms with van der Waals surface area (Å²) in [6.07, 6.45) is 0. The molecule has 1 atom stereocenters. The molecule has 5 nitrogen and oxygen atoms in total. The third-order valence-electron chi connectivity index (χ3n) is 3.65. The molecule has 0 saturated carbocycles. The van der Waals surface area contributed by atoms with Crippen molar-refractivity contribution in [2.75, 3.05) is 13.2 Å². The predicted octanol–water partition coefficient (Wildman–Crippen LogP) is 3.47. The Balaban J connectivity index is 1.76. The van der Waals surface area contributed by atoms with Crippen LogP contribution in [0.5, 0.6) is 5.75 Å². The molecule has 25 heavy (non-hydrogen) atoms. The van der Waals surface area contributed by atoms with E-state index in [0.29, 0.717) is 5.75 Å². The number of carbonyl (C=O) groups excluding carboxylic acids is 2. The number of hydrogen-bond donors (Lipinski definition) is 1. The second-order valence-electron chi connectivity index (χ2n) is 5.98. The lowest BCUT2D eigenvalue weighted by molar-refractivity contribution is -0.150. The molecule has 1 amide bonds. The fraction of sp³-hybridized carbons (Fsp3) is 0.368. The first-order valence-electron chi connectivity index (χ1n) is 8.06. The summed E-state index contributed by atoms with van der Waals surface area (Å²) in [5.74, 6) is -0.228. The summed E-state index contributed by atoms with van der Waals surface area (Å²) >= 11 is 1.56. The van der Waals surface area contributed by atoms with E-state index in [0.717, 1.165) is 21.6 Å². The maximum atomic E-state index is 11.8. The minimum atomic E-state index is -0.571. The average Bonchev–Trinajstić information content (AvgIpc) is 3.06. The summed E-state index contributed by atoms with van der Waals surface area (Å²) in [6.45, 7) is 7.22. The van der Waals surface area contributed by atoms with Crippen LogP contribution in [0.1, 0.15) is 34.5 Å². The van der Waals surface area contributed by atoms with Gasteiger partial charge in [0.25, 0.3) is 5.91 Å². The molecular formula is C19H23NO4S. The molecule has 134 valence electrons. The first kappa shape index (κ1) is 19.0. The van der Waals surface area contributed by atoms with Crippen LogP contribution in [-0.4, -0.2) is 25.1 Å². The van der Waals surface area contributed by atoms with Crippen molar-refractivity contribution >= 4 is 23.2 Å². The van der Waals surface area contributed by atoms with Crippen LogP contribution in [0, 0.1) is 20.8 Å². The number of esters is 1. The molecule has 2 rings (SSSR count). The highest BCUT2D eigenvalue weighted by atomic mass is 32.1. The summed E-state index contributed by atoms with van der Waals surface area (Å²) in [5, 5.41) is 4.74. The van der Waals surface area contributed by atoms with Crippen molar-refractivity contribution in [2.45, 2.75) is 33.7 Å². The molecule has 0 unspecified atom stereocenters. The Labute approximate surface area is 152 Å². The Hall–Kier alpha value is -2.34. The van der Waals surface area contributed by atoms with Crippen LogP contribution in [0.4, 0.5) is 0 Å². The smallest absolute Gasteiger partial charge is 0.344 e. The highest BCUT2D eigenvalue weighted by molar-refractivity contribution is 7.10. The molecule has 0 spiro atoms. The number of nitrogens with one attached hydrogen (secondary N) is 1. The highest BCUT2D eigenvalue weighted by Gasteiger charge is 2.14. The molecule has 1 aromatic carbocycles. The molecule has 0 aliphatic carbocycles. The molecule has 1 N–H and O–H groups in total. The van der Waals surface area contributed by atoms with Gasteiger partial charge >= 0.3 is 5.97 Å². The molecular weight excluding hydrogens is 338 g/mol. The quantitative estimate of drug-likeness (QED) is 0.767. The van der Waals surface area contributed by atoms with Gasteiger partial charge in [0.05, 0.1) is 6.04 Å². The van der Waals surface area contributed by atoms with Gasteiger partial charge in [0, 0.05) is 4.88 Å². The third kappa shape index (κ3) is 5.60. The van der Waals surface area contributed by atoms with Crippen molar-refractivity contribution in [3.63, 3.8) is 0 Å². The zero-order valence-corrected chi connectivity index (χ0v) is 15.7. The van der Waals surface area contributed by atoms with E-state index in [4.69, 9.17) is 9.47 Å². The number of aryl methyl sites for hydroxylation is 3. The summed E-state index contributed by atoms with van der Waals surface area (Å²) in [7, 11) is 0. The van der Waals surface area contributed by atoms with Crippen LogP contribution in [0.15, 0.2) is 29.6 Å². The Morgan fingerprint density at radius 3 is 2.44 bits per heavy atom. The van der Waals surface area contributed by atoms with E-state index in [9.17, 15) is 9.59 Å². The zero-order chi connectivity index (χ0) is 18.4. The molecule has 1 heterocycles. The first-order chi connectivity index (χ1) is 11.9. The van der Waals surface area contributed by atoms with Gasteiger partial charge in [-0.2, -0.15) is 0 Å². The fourth-order valence-electron chi connectivity index (χ4n) is 2.61. The lowest BCUT2D eigenvalue weighted by Crippen LogP contribution is -2.31. The van der Waals surface area contributed by atoms with Gasteiger partial charge in [-0.3, -0.25) is 4.79 Å². The maximum absolute atomic E-state index is 11.8. The molecule has 0 aliphatic rings. The minimum Gasteiger partial charge on any atom is -0.481 e. The van der Waals surface area contributed by atoms with E-state index < -0.39 is 5.97 Å². The average molecular weight is 361 g/mol. The number of ether oxygens (including phenoxy) is 2. The predicted molar refractivity (Wildman–Crippen MR) is 98.0 cm³/mol. The molecule has 0 aliphatic heterocycles. The van der Waals surface area contributed by atoms with Crippen LogP contribution in [-0.2, 0) is 14.3 Å². The second-order valence-corrected chi connectivity index (χ2v) is 6.96. The largest absolute Gasteiger partial charge is 0.481 e. The van der Waals surface area contributed by atoms with Gasteiger partial charge in [-0.1, -0.05) is 23.8 Å². The van der Waals surface area contributed by atoms with Crippen molar-refractivity contribution in [3.8, 4) is 5.75 Å². The van der Waals surface area contributed by atoms with Gasteiger partial charge in [0.1, 0.15) is 5.75 Å². The number of rotatable bonds is 7. The topological polar surface area (TPSA) is 64.6 Å². The normalized spacial score (nSPS) is 11.7. The number of thiophene rings is 1. The van der Waals surface area contributed by atoms with E-state index in [1.54, 1.807) is 11.3 Å². The second kappa shape index (κ2) is 8.67. The van der Waals surface area contributed by atoms with Gasteiger partial charge in [-0.15, -0.1) is 11.3 Å². The molecule has 0 bridgehead atoms. The van der Waals surface area contributed by atoms with Gasteiger partial charge in [0.15, 0.2) is 13.2 Å². The lowest BCUT2D eigenvalue weighted by atomic mass is 10.1. The summed E-state index contributed by atoms with van der Waals surface area (Å²) in [6, 6.07) is 7.75. The Morgan fingerprint density at radius 2 is 1.84 bits per heavy atom. The molecule has 0 fully saturated rings. The third-order valence-corrected chi connectivity index (χ3v) is 4.71. The fourth-order valence-corrected chi connectivity index (χ4v) is 3.34. The number of hydrogen-bond acceptors (Lipinski definition) is 5. The minimum absolute atomic E-state index is 0.111. The Kier molecular flexibility index (Phi) is 6.58. The van der Waals surface area contributed by atoms with E-state index in [2.05, 4.69) is 5.32 Å². The summed E-state index contributed by atoms with van der Waals surface area (Å²) in [4.78, 5) is 24.7. The van der Waals surface area contributed by atoms with Gasteiger partial charge in [-0.25, -0.2) is 4.79 Å². The van der Waals surface area contributed by atoms with E-state index in [1.807, 2.05) is 57.3 Å². The molecule has 6 heteroatoms. The first-order valence-corrected chi connectivity index (χ1v) is 8.94. The number of benzene rings is 1.